The molecule has 1 heterocycles. The van der Waals surface area contributed by atoms with Crippen LogP contribution >= 0.6 is 11.3 Å². The van der Waals surface area contributed by atoms with Crippen LogP contribution in [0.15, 0.2) is 5.38 Å². The molecule has 0 aromatic carbocycles. The van der Waals surface area contributed by atoms with E-state index in [1.165, 1.54) is 10.3 Å². The molecular weight excluding hydrogens is 396 g/mol. The standard InChI is InChI=1S/C19H34N2O5SSi/c1-18(2,3)26-17(24)21(16-20-14(13-27-16)15(22)23)11-9-10-12-25-28(7,8)19(4,5)6/h13H,9-12H2,1-8H3,(H,22,23). The molecule has 7 nitrogen and oxygen atoms in total. The van der Waals surface area contributed by atoms with Gasteiger partial charge in [-0.25, -0.2) is 14.6 Å². The molecule has 1 N–H and O–H groups in total. The van der Waals surface area contributed by atoms with Gasteiger partial charge in [-0.15, -0.1) is 11.3 Å². The number of anilines is 1. The predicted molar refractivity (Wildman–Crippen MR) is 115 cm³/mol. The molecule has 160 valence electrons. The summed E-state index contributed by atoms with van der Waals surface area (Å²) in [5, 5.41) is 11.0. The first-order chi connectivity index (χ1) is 12.6. The molecule has 28 heavy (non-hydrogen) atoms. The Hall–Kier alpha value is -1.45. The Balaban J connectivity index is 2.73. The Morgan fingerprint density at radius 1 is 1.18 bits per heavy atom. The highest BCUT2D eigenvalue weighted by Gasteiger charge is 2.36. The van der Waals surface area contributed by atoms with Crippen LogP contribution in [0.2, 0.25) is 18.1 Å². The van der Waals surface area contributed by atoms with E-state index in [1.54, 1.807) is 20.8 Å². The number of carboxylic acid groups (broad SMARTS) is 1. The van der Waals surface area contributed by atoms with Gasteiger partial charge in [-0.1, -0.05) is 20.8 Å². The van der Waals surface area contributed by atoms with Gasteiger partial charge in [0.25, 0.3) is 0 Å². The van der Waals surface area contributed by atoms with Crippen molar-refractivity contribution in [3.8, 4) is 0 Å². The van der Waals surface area contributed by atoms with Crippen molar-refractivity contribution in [2.75, 3.05) is 18.1 Å². The largest absolute Gasteiger partial charge is 0.476 e. The molecule has 0 saturated carbocycles. The molecule has 0 bridgehead atoms. The van der Waals surface area contributed by atoms with Gasteiger partial charge in [0.15, 0.2) is 19.1 Å². The van der Waals surface area contributed by atoms with Crippen LogP contribution in [0.3, 0.4) is 0 Å². The Bertz CT molecular complexity index is 677. The molecule has 0 fully saturated rings. The molecule has 0 aliphatic carbocycles. The Morgan fingerprint density at radius 2 is 1.79 bits per heavy atom. The Kier molecular flexibility index (Phi) is 8.22. The molecule has 0 aliphatic heterocycles. The van der Waals surface area contributed by atoms with Gasteiger partial charge in [0, 0.05) is 18.5 Å². The van der Waals surface area contributed by atoms with Crippen LogP contribution in [0.1, 0.15) is 64.9 Å². The molecule has 1 rings (SSSR count). The lowest BCUT2D eigenvalue weighted by Crippen LogP contribution is -2.41. The first-order valence-corrected chi connectivity index (χ1v) is 13.3. The summed E-state index contributed by atoms with van der Waals surface area (Å²) in [4.78, 5) is 29.2. The fraction of sp³-hybridized carbons (Fsp3) is 0.737. The number of carboxylic acids is 1. The van der Waals surface area contributed by atoms with E-state index >= 15 is 0 Å². The lowest BCUT2D eigenvalue weighted by Gasteiger charge is -2.36. The van der Waals surface area contributed by atoms with Gasteiger partial charge in [-0.3, -0.25) is 4.90 Å². The fourth-order valence-electron chi connectivity index (χ4n) is 1.98. The normalized spacial score (nSPS) is 12.7. The van der Waals surface area contributed by atoms with Gasteiger partial charge in [0.2, 0.25) is 0 Å². The molecule has 0 spiro atoms. The Morgan fingerprint density at radius 3 is 2.25 bits per heavy atom. The van der Waals surface area contributed by atoms with E-state index in [4.69, 9.17) is 14.3 Å². The van der Waals surface area contributed by atoms with Gasteiger partial charge >= 0.3 is 12.1 Å². The molecule has 1 aromatic heterocycles. The smallest absolute Gasteiger partial charge is 0.416 e. The van der Waals surface area contributed by atoms with Crippen LogP contribution in [-0.4, -0.2) is 49.2 Å². The second kappa shape index (κ2) is 9.36. The highest BCUT2D eigenvalue weighted by Crippen LogP contribution is 2.36. The fourth-order valence-corrected chi connectivity index (χ4v) is 3.89. The number of aromatic nitrogens is 1. The molecule has 1 aromatic rings. The van der Waals surface area contributed by atoms with Crippen LogP contribution in [0, 0.1) is 0 Å². The van der Waals surface area contributed by atoms with Crippen molar-refractivity contribution in [3.63, 3.8) is 0 Å². The van der Waals surface area contributed by atoms with Crippen LogP contribution in [0.5, 0.6) is 0 Å². The van der Waals surface area contributed by atoms with Crippen LogP contribution < -0.4 is 4.90 Å². The molecule has 0 radical (unpaired) electrons. The number of thiazole rings is 1. The molecule has 0 atom stereocenters. The van der Waals surface area contributed by atoms with Crippen molar-refractivity contribution in [3.05, 3.63) is 11.1 Å². The summed E-state index contributed by atoms with van der Waals surface area (Å²) < 4.78 is 11.6. The second-order valence-electron chi connectivity index (χ2n) is 9.27. The minimum atomic E-state index is -1.79. The number of ether oxygens (including phenoxy) is 1. The zero-order valence-electron chi connectivity index (χ0n) is 18.3. The van der Waals surface area contributed by atoms with Gasteiger partial charge in [-0.05, 0) is 51.7 Å². The molecular formula is C19H34N2O5SSi. The molecule has 0 saturated heterocycles. The van der Waals surface area contributed by atoms with E-state index in [1.807, 2.05) is 0 Å². The topological polar surface area (TPSA) is 89.0 Å². The van der Waals surface area contributed by atoms with E-state index in [-0.39, 0.29) is 10.7 Å². The van der Waals surface area contributed by atoms with Gasteiger partial charge in [-0.2, -0.15) is 0 Å². The molecule has 1 amide bonds. The number of nitrogens with zero attached hydrogens (tertiary/aromatic N) is 2. The number of carbonyl (C=O) groups excluding carboxylic acids is 1. The van der Waals surface area contributed by atoms with E-state index in [9.17, 15) is 9.59 Å². The summed E-state index contributed by atoms with van der Waals surface area (Å²) in [6.07, 6.45) is 0.975. The van der Waals surface area contributed by atoms with E-state index < -0.39 is 26.0 Å². The van der Waals surface area contributed by atoms with Crippen molar-refractivity contribution in [1.29, 1.82) is 0 Å². The number of carbonyl (C=O) groups is 2. The van der Waals surface area contributed by atoms with Crippen LogP contribution in [-0.2, 0) is 9.16 Å². The van der Waals surface area contributed by atoms with Gasteiger partial charge in [0.1, 0.15) is 5.60 Å². The highest BCUT2D eigenvalue weighted by molar-refractivity contribution is 7.14. The second-order valence-corrected chi connectivity index (χ2v) is 14.9. The zero-order chi connectivity index (χ0) is 21.8. The number of amides is 1. The molecule has 0 unspecified atom stereocenters. The quantitative estimate of drug-likeness (QED) is 0.440. The van der Waals surface area contributed by atoms with Crippen molar-refractivity contribution in [2.24, 2.45) is 0 Å². The number of hydrogen-bond acceptors (Lipinski definition) is 6. The predicted octanol–water partition coefficient (Wildman–Crippen LogP) is 5.38. The average molecular weight is 431 g/mol. The minimum absolute atomic E-state index is 0.0742. The first kappa shape index (κ1) is 24.6. The van der Waals surface area contributed by atoms with Crippen molar-refractivity contribution >= 4 is 36.8 Å². The van der Waals surface area contributed by atoms with Crippen molar-refractivity contribution in [2.45, 2.75) is 78.1 Å². The SMILES string of the molecule is CC(C)(C)OC(=O)N(CCCCO[Si](C)(C)C(C)(C)C)c1nc(C(=O)O)cs1. The first-order valence-electron chi connectivity index (χ1n) is 9.47. The lowest BCUT2D eigenvalue weighted by atomic mass is 10.2. The summed E-state index contributed by atoms with van der Waals surface area (Å²) in [5.41, 5.74) is -0.719. The third kappa shape index (κ3) is 7.52. The summed E-state index contributed by atoms with van der Waals surface area (Å²) in [5.74, 6) is -1.12. The third-order valence-corrected chi connectivity index (χ3v) is 10.0. The van der Waals surface area contributed by atoms with Crippen LogP contribution in [0.25, 0.3) is 0 Å². The number of unbranched alkanes of at least 4 members (excludes halogenated alkanes) is 1. The maximum atomic E-state index is 12.6. The molecule has 0 aliphatic rings. The average Bonchev–Trinajstić information content (AvgIpc) is 2.97. The monoisotopic (exact) mass is 430 g/mol. The van der Waals surface area contributed by atoms with Crippen molar-refractivity contribution < 1.29 is 23.9 Å². The zero-order valence-corrected chi connectivity index (χ0v) is 20.1. The third-order valence-electron chi connectivity index (χ3n) is 4.60. The lowest BCUT2D eigenvalue weighted by molar-refractivity contribution is 0.0576. The number of rotatable bonds is 8. The van der Waals surface area contributed by atoms with E-state index in [0.717, 1.165) is 17.8 Å². The summed E-state index contributed by atoms with van der Waals surface area (Å²) in [7, 11) is -1.79. The van der Waals surface area contributed by atoms with Crippen molar-refractivity contribution in [1.82, 2.24) is 4.98 Å². The Labute approximate surface area is 173 Å². The number of hydrogen-bond donors (Lipinski definition) is 1. The van der Waals surface area contributed by atoms with Gasteiger partial charge in [0.05, 0.1) is 0 Å². The highest BCUT2D eigenvalue weighted by atomic mass is 32.1. The maximum absolute atomic E-state index is 12.6. The summed E-state index contributed by atoms with van der Waals surface area (Å²) in [6, 6.07) is 0. The van der Waals surface area contributed by atoms with E-state index in [0.29, 0.717) is 24.7 Å². The summed E-state index contributed by atoms with van der Waals surface area (Å²) in [6.45, 7) is 17.4. The van der Waals surface area contributed by atoms with E-state index in [2.05, 4.69) is 38.8 Å². The van der Waals surface area contributed by atoms with Crippen LogP contribution in [0.4, 0.5) is 9.93 Å². The maximum Gasteiger partial charge on any atom is 0.416 e. The number of aromatic carboxylic acids is 1. The molecule has 9 heteroatoms. The van der Waals surface area contributed by atoms with Gasteiger partial charge < -0.3 is 14.3 Å². The minimum Gasteiger partial charge on any atom is -0.476 e. The summed E-state index contributed by atoms with van der Waals surface area (Å²) >= 11 is 1.12.